The first-order chi connectivity index (χ1) is 4.06. The Morgan fingerprint density at radius 1 is 1.44 bits per heavy atom. The SMILES string of the molecule is O=CC#CCC(Br)(Br)Br. The van der Waals surface area contributed by atoms with Gasteiger partial charge in [0.2, 0.25) is 0 Å². The zero-order valence-electron chi connectivity index (χ0n) is 4.33. The van der Waals surface area contributed by atoms with Gasteiger partial charge in [-0.05, 0) is 5.92 Å². The van der Waals surface area contributed by atoms with Crippen LogP contribution in [0.15, 0.2) is 0 Å². The van der Waals surface area contributed by atoms with Crippen LogP contribution in [-0.2, 0) is 4.79 Å². The predicted molar refractivity (Wildman–Crippen MR) is 48.0 cm³/mol. The minimum Gasteiger partial charge on any atom is -0.289 e. The average Bonchev–Trinajstić information content (AvgIpc) is 1.63. The highest BCUT2D eigenvalue weighted by molar-refractivity contribution is 9.39. The van der Waals surface area contributed by atoms with E-state index < -0.39 is 0 Å². The van der Waals surface area contributed by atoms with Crippen LogP contribution in [0.2, 0.25) is 0 Å². The quantitative estimate of drug-likeness (QED) is 0.381. The summed E-state index contributed by atoms with van der Waals surface area (Å²) in [6, 6.07) is 0. The van der Waals surface area contributed by atoms with Gasteiger partial charge in [-0.3, -0.25) is 4.79 Å². The summed E-state index contributed by atoms with van der Waals surface area (Å²) >= 11 is 9.67. The Balaban J connectivity index is 3.62. The summed E-state index contributed by atoms with van der Waals surface area (Å²) < 4.78 is -0.344. The van der Waals surface area contributed by atoms with Gasteiger partial charge in [-0.1, -0.05) is 53.7 Å². The van der Waals surface area contributed by atoms with Crippen molar-refractivity contribution in [2.24, 2.45) is 0 Å². The largest absolute Gasteiger partial charge is 0.289 e. The highest BCUT2D eigenvalue weighted by atomic mass is 80.0. The van der Waals surface area contributed by atoms with Gasteiger partial charge in [0.1, 0.15) is 2.14 Å². The van der Waals surface area contributed by atoms with Gasteiger partial charge in [-0.15, -0.1) is 0 Å². The molecule has 0 aliphatic carbocycles. The van der Waals surface area contributed by atoms with Gasteiger partial charge in [-0.25, -0.2) is 0 Å². The maximum Gasteiger partial charge on any atom is 0.192 e. The third-order valence-corrected chi connectivity index (χ3v) is 1.29. The number of aldehydes is 1. The molecule has 4 heteroatoms. The van der Waals surface area contributed by atoms with E-state index in [2.05, 4.69) is 59.6 Å². The fraction of sp³-hybridized carbons (Fsp3) is 0.400. The molecule has 0 saturated heterocycles. The molecular weight excluding hydrogens is 316 g/mol. The number of hydrogen-bond acceptors (Lipinski definition) is 1. The van der Waals surface area contributed by atoms with Crippen LogP contribution >= 0.6 is 47.8 Å². The van der Waals surface area contributed by atoms with Crippen molar-refractivity contribution in [1.82, 2.24) is 0 Å². The van der Waals surface area contributed by atoms with Crippen molar-refractivity contribution in [2.75, 3.05) is 0 Å². The number of carbonyl (C=O) groups is 1. The van der Waals surface area contributed by atoms with Crippen molar-refractivity contribution in [3.63, 3.8) is 0 Å². The van der Waals surface area contributed by atoms with E-state index in [4.69, 9.17) is 0 Å². The van der Waals surface area contributed by atoms with Crippen molar-refractivity contribution in [3.8, 4) is 11.8 Å². The fourth-order valence-electron chi connectivity index (χ4n) is 0.193. The molecule has 0 aromatic carbocycles. The van der Waals surface area contributed by atoms with E-state index in [0.29, 0.717) is 12.7 Å². The van der Waals surface area contributed by atoms with Crippen molar-refractivity contribution in [2.45, 2.75) is 8.56 Å². The lowest BCUT2D eigenvalue weighted by atomic mass is 10.5. The lowest BCUT2D eigenvalue weighted by Gasteiger charge is -2.04. The molecular formula is C5H3Br3O. The van der Waals surface area contributed by atoms with E-state index in [9.17, 15) is 4.79 Å². The summed E-state index contributed by atoms with van der Waals surface area (Å²) in [6.45, 7) is 0. The fourth-order valence-corrected chi connectivity index (χ4v) is 0.613. The van der Waals surface area contributed by atoms with Crippen LogP contribution in [0, 0.1) is 11.8 Å². The second-order valence-electron chi connectivity index (χ2n) is 1.23. The Hall–Kier alpha value is 0.670. The summed E-state index contributed by atoms with van der Waals surface area (Å²) in [5, 5.41) is 0. The molecule has 9 heavy (non-hydrogen) atoms. The summed E-state index contributed by atoms with van der Waals surface area (Å²) in [6.07, 6.45) is 1.10. The topological polar surface area (TPSA) is 17.1 Å². The predicted octanol–water partition coefficient (Wildman–Crippen LogP) is 2.42. The zero-order chi connectivity index (χ0) is 7.33. The standard InChI is InChI=1S/C5H3Br3O/c6-5(7,8)3-1-2-4-9/h4H,3H2. The Bertz CT molecular complexity index is 148. The van der Waals surface area contributed by atoms with Crippen LogP contribution in [0.1, 0.15) is 6.42 Å². The number of alkyl halides is 3. The molecule has 0 aromatic heterocycles. The van der Waals surface area contributed by atoms with Crippen LogP contribution < -0.4 is 0 Å². The van der Waals surface area contributed by atoms with Crippen molar-refractivity contribution in [1.29, 1.82) is 0 Å². The van der Waals surface area contributed by atoms with Crippen LogP contribution in [0.4, 0.5) is 0 Å². The van der Waals surface area contributed by atoms with E-state index in [1.807, 2.05) is 0 Å². The number of rotatable bonds is 0. The minimum absolute atomic E-state index is 0.344. The monoisotopic (exact) mass is 316 g/mol. The van der Waals surface area contributed by atoms with Crippen LogP contribution in [0.3, 0.4) is 0 Å². The highest BCUT2D eigenvalue weighted by Crippen LogP contribution is 2.36. The zero-order valence-corrected chi connectivity index (χ0v) is 9.08. The summed E-state index contributed by atoms with van der Waals surface area (Å²) in [5.74, 6) is 4.90. The van der Waals surface area contributed by atoms with Crippen LogP contribution in [0.25, 0.3) is 0 Å². The molecule has 0 unspecified atom stereocenters. The Morgan fingerprint density at radius 3 is 2.33 bits per heavy atom. The summed E-state index contributed by atoms with van der Waals surface area (Å²) in [7, 11) is 0. The van der Waals surface area contributed by atoms with Crippen LogP contribution in [0.5, 0.6) is 0 Å². The molecule has 0 N–H and O–H groups in total. The maximum atomic E-state index is 9.67. The van der Waals surface area contributed by atoms with Gasteiger partial charge in [-0.2, -0.15) is 0 Å². The van der Waals surface area contributed by atoms with E-state index in [1.54, 1.807) is 0 Å². The smallest absolute Gasteiger partial charge is 0.192 e. The van der Waals surface area contributed by atoms with Gasteiger partial charge < -0.3 is 0 Å². The Kier molecular flexibility index (Phi) is 4.81. The molecule has 0 rings (SSSR count). The molecule has 0 heterocycles. The molecule has 0 aliphatic heterocycles. The third-order valence-electron chi connectivity index (χ3n) is 0.450. The third kappa shape index (κ3) is 8.67. The normalized spacial score (nSPS) is 9.67. The van der Waals surface area contributed by atoms with E-state index in [-0.39, 0.29) is 2.14 Å². The van der Waals surface area contributed by atoms with Gasteiger partial charge in [0, 0.05) is 6.42 Å². The van der Waals surface area contributed by atoms with E-state index in [0.717, 1.165) is 0 Å². The van der Waals surface area contributed by atoms with Crippen molar-refractivity contribution >= 4 is 54.1 Å². The van der Waals surface area contributed by atoms with E-state index >= 15 is 0 Å². The summed E-state index contributed by atoms with van der Waals surface area (Å²) in [4.78, 5) is 9.67. The second kappa shape index (κ2) is 4.48. The average molecular weight is 319 g/mol. The molecule has 1 nitrogen and oxygen atoms in total. The molecule has 0 spiro atoms. The molecule has 0 atom stereocenters. The first-order valence-corrected chi connectivity index (χ1v) is 4.43. The number of halogens is 3. The Labute approximate surface area is 79.0 Å². The maximum absolute atomic E-state index is 9.67. The molecule has 0 aromatic rings. The lowest BCUT2D eigenvalue weighted by Crippen LogP contribution is -1.95. The molecule has 0 radical (unpaired) electrons. The lowest BCUT2D eigenvalue weighted by molar-refractivity contribution is -0.103. The minimum atomic E-state index is -0.344. The first kappa shape index (κ1) is 9.67. The van der Waals surface area contributed by atoms with Crippen LogP contribution in [-0.4, -0.2) is 8.43 Å². The van der Waals surface area contributed by atoms with Gasteiger partial charge in [0.15, 0.2) is 6.29 Å². The molecule has 0 aliphatic rings. The van der Waals surface area contributed by atoms with Gasteiger partial charge in [0.05, 0.1) is 0 Å². The molecule has 50 valence electrons. The molecule has 0 fully saturated rings. The van der Waals surface area contributed by atoms with Gasteiger partial charge >= 0.3 is 0 Å². The first-order valence-electron chi connectivity index (χ1n) is 2.05. The number of carbonyl (C=O) groups excluding carboxylic acids is 1. The molecule has 0 amide bonds. The molecule has 0 saturated carbocycles. The Morgan fingerprint density at radius 2 is 2.00 bits per heavy atom. The highest BCUT2D eigenvalue weighted by Gasteiger charge is 2.14. The second-order valence-corrected chi connectivity index (χ2v) is 8.48. The van der Waals surface area contributed by atoms with Gasteiger partial charge in [0.25, 0.3) is 0 Å². The summed E-state index contributed by atoms with van der Waals surface area (Å²) in [5.41, 5.74) is 0. The van der Waals surface area contributed by atoms with Crippen molar-refractivity contribution in [3.05, 3.63) is 0 Å². The van der Waals surface area contributed by atoms with Crippen molar-refractivity contribution < 1.29 is 4.79 Å². The van der Waals surface area contributed by atoms with E-state index in [1.165, 1.54) is 0 Å². The number of hydrogen-bond donors (Lipinski definition) is 0. The molecule has 0 bridgehead atoms.